The van der Waals surface area contributed by atoms with Gasteiger partial charge in [-0.05, 0) is 26.3 Å². The third-order valence-corrected chi connectivity index (χ3v) is 2.62. The quantitative estimate of drug-likeness (QED) is 0.580. The molecule has 0 saturated heterocycles. The van der Waals surface area contributed by atoms with Crippen molar-refractivity contribution in [1.29, 1.82) is 0 Å². The van der Waals surface area contributed by atoms with Crippen LogP contribution in [0.4, 0.5) is 0 Å². The molecule has 0 amide bonds. The molecule has 0 aliphatic carbocycles. The third-order valence-electron chi connectivity index (χ3n) is 2.62. The molecule has 0 aromatic heterocycles. The number of aryl methyl sites for hydroxylation is 1. The topological polar surface area (TPSA) is 43.4 Å². The fourth-order valence-corrected chi connectivity index (χ4v) is 1.46. The molecule has 1 aromatic rings. The van der Waals surface area contributed by atoms with Crippen molar-refractivity contribution in [3.63, 3.8) is 0 Å². The number of Topliss-reactive ketones (excluding diaryl/α,β-unsaturated/α-hetero) is 1. The highest BCUT2D eigenvalue weighted by atomic mass is 16.5. The monoisotopic (exact) mass is 234 g/mol. The van der Waals surface area contributed by atoms with E-state index in [4.69, 9.17) is 4.74 Å². The number of rotatable bonds is 5. The van der Waals surface area contributed by atoms with Crippen molar-refractivity contribution in [3.8, 4) is 0 Å². The Balaban J connectivity index is 2.59. The van der Waals surface area contributed by atoms with Crippen LogP contribution in [-0.2, 0) is 20.7 Å². The highest BCUT2D eigenvalue weighted by Gasteiger charge is 2.22. The van der Waals surface area contributed by atoms with Crippen LogP contribution in [0, 0.1) is 12.8 Å². The molecule has 3 heteroatoms. The van der Waals surface area contributed by atoms with Gasteiger partial charge in [0.05, 0.1) is 6.61 Å². The van der Waals surface area contributed by atoms with Crippen molar-refractivity contribution in [2.24, 2.45) is 5.92 Å². The van der Waals surface area contributed by atoms with Crippen LogP contribution in [0.3, 0.4) is 0 Å². The van der Waals surface area contributed by atoms with Gasteiger partial charge in [-0.1, -0.05) is 29.8 Å². The molecule has 17 heavy (non-hydrogen) atoms. The van der Waals surface area contributed by atoms with Crippen molar-refractivity contribution in [1.82, 2.24) is 0 Å². The van der Waals surface area contributed by atoms with Gasteiger partial charge in [-0.25, -0.2) is 0 Å². The lowest BCUT2D eigenvalue weighted by atomic mass is 9.99. The number of hydrogen-bond acceptors (Lipinski definition) is 3. The zero-order chi connectivity index (χ0) is 12.8. The summed E-state index contributed by atoms with van der Waals surface area (Å²) in [5.41, 5.74) is 2.08. The molecular formula is C14H18O3. The molecule has 1 aromatic carbocycles. The molecule has 0 aliphatic heterocycles. The molecule has 0 fully saturated rings. The fourth-order valence-electron chi connectivity index (χ4n) is 1.46. The van der Waals surface area contributed by atoms with Gasteiger partial charge in [0.25, 0.3) is 0 Å². The van der Waals surface area contributed by atoms with Crippen molar-refractivity contribution < 1.29 is 14.3 Å². The Kier molecular flexibility index (Phi) is 4.88. The molecule has 3 nitrogen and oxygen atoms in total. The zero-order valence-electron chi connectivity index (χ0n) is 10.5. The van der Waals surface area contributed by atoms with E-state index in [0.29, 0.717) is 6.61 Å². The van der Waals surface area contributed by atoms with Crippen LogP contribution in [0.25, 0.3) is 0 Å². The molecule has 0 heterocycles. The Morgan fingerprint density at radius 3 is 2.35 bits per heavy atom. The average Bonchev–Trinajstić information content (AvgIpc) is 2.31. The van der Waals surface area contributed by atoms with E-state index in [1.165, 1.54) is 0 Å². The minimum atomic E-state index is -0.684. The van der Waals surface area contributed by atoms with Gasteiger partial charge >= 0.3 is 5.97 Å². The molecule has 0 aliphatic rings. The van der Waals surface area contributed by atoms with E-state index >= 15 is 0 Å². The summed E-state index contributed by atoms with van der Waals surface area (Å²) in [6.07, 6.45) is 0.278. The summed E-state index contributed by atoms with van der Waals surface area (Å²) in [4.78, 5) is 23.2. The molecule has 1 rings (SSSR count). The maximum Gasteiger partial charge on any atom is 0.316 e. The molecule has 0 radical (unpaired) electrons. The van der Waals surface area contributed by atoms with Gasteiger partial charge in [-0.2, -0.15) is 0 Å². The maximum absolute atomic E-state index is 11.8. The predicted octanol–water partition coefficient (Wildman–Crippen LogP) is 2.31. The van der Waals surface area contributed by atoms with Gasteiger partial charge in [0.1, 0.15) is 5.92 Å². The zero-order valence-corrected chi connectivity index (χ0v) is 10.5. The number of hydrogen-bond donors (Lipinski definition) is 0. The average molecular weight is 234 g/mol. The van der Waals surface area contributed by atoms with E-state index in [9.17, 15) is 9.59 Å². The van der Waals surface area contributed by atoms with Crippen molar-refractivity contribution in [2.75, 3.05) is 6.61 Å². The van der Waals surface area contributed by atoms with Crippen LogP contribution in [0.1, 0.15) is 25.0 Å². The Morgan fingerprint density at radius 2 is 1.82 bits per heavy atom. The number of benzene rings is 1. The smallest absolute Gasteiger partial charge is 0.316 e. The maximum atomic E-state index is 11.8. The summed E-state index contributed by atoms with van der Waals surface area (Å²) in [5.74, 6) is -1.23. The summed E-state index contributed by atoms with van der Waals surface area (Å²) < 4.78 is 4.82. The largest absolute Gasteiger partial charge is 0.465 e. The second-order valence-electron chi connectivity index (χ2n) is 4.10. The molecule has 92 valence electrons. The fraction of sp³-hybridized carbons (Fsp3) is 0.429. The number of carbonyl (C=O) groups excluding carboxylic acids is 2. The van der Waals surface area contributed by atoms with Crippen LogP contribution < -0.4 is 0 Å². The normalized spacial score (nSPS) is 11.9. The van der Waals surface area contributed by atoms with Gasteiger partial charge in [0.15, 0.2) is 5.78 Å². The number of carbonyl (C=O) groups is 2. The number of esters is 1. The summed E-state index contributed by atoms with van der Waals surface area (Å²) >= 11 is 0. The molecule has 0 saturated carbocycles. The summed E-state index contributed by atoms with van der Waals surface area (Å²) in [7, 11) is 0. The standard InChI is InChI=1S/C14H18O3/c1-4-17-14(16)11(3)13(15)9-12-7-5-10(2)6-8-12/h5-8,11H,4,9H2,1-3H3. The van der Waals surface area contributed by atoms with Gasteiger partial charge in [-0.15, -0.1) is 0 Å². The van der Waals surface area contributed by atoms with Crippen LogP contribution in [0.15, 0.2) is 24.3 Å². The minimum Gasteiger partial charge on any atom is -0.465 e. The van der Waals surface area contributed by atoms with Gasteiger partial charge in [0, 0.05) is 6.42 Å². The van der Waals surface area contributed by atoms with Crippen LogP contribution in [0.5, 0.6) is 0 Å². The van der Waals surface area contributed by atoms with Gasteiger partial charge in [-0.3, -0.25) is 9.59 Å². The second-order valence-corrected chi connectivity index (χ2v) is 4.10. The highest BCUT2D eigenvalue weighted by molar-refractivity contribution is 5.99. The van der Waals surface area contributed by atoms with Crippen LogP contribution in [-0.4, -0.2) is 18.4 Å². The Hall–Kier alpha value is -1.64. The minimum absolute atomic E-state index is 0.104. The first-order valence-corrected chi connectivity index (χ1v) is 5.79. The van der Waals surface area contributed by atoms with E-state index in [2.05, 4.69) is 0 Å². The molecule has 1 atom stereocenters. The highest BCUT2D eigenvalue weighted by Crippen LogP contribution is 2.09. The predicted molar refractivity (Wildman–Crippen MR) is 65.7 cm³/mol. The Bertz CT molecular complexity index is 392. The summed E-state index contributed by atoms with van der Waals surface area (Å²) in [6, 6.07) is 7.73. The lowest BCUT2D eigenvalue weighted by molar-refractivity contribution is -0.150. The first kappa shape index (κ1) is 13.4. The van der Waals surface area contributed by atoms with Gasteiger partial charge in [0.2, 0.25) is 0 Å². The van der Waals surface area contributed by atoms with E-state index < -0.39 is 11.9 Å². The second kappa shape index (κ2) is 6.18. The SMILES string of the molecule is CCOC(=O)C(C)C(=O)Cc1ccc(C)cc1. The lowest BCUT2D eigenvalue weighted by Gasteiger charge is -2.09. The van der Waals surface area contributed by atoms with Crippen LogP contribution in [0.2, 0.25) is 0 Å². The van der Waals surface area contributed by atoms with E-state index in [0.717, 1.165) is 11.1 Å². The van der Waals surface area contributed by atoms with Crippen LogP contribution >= 0.6 is 0 Å². The van der Waals surface area contributed by atoms with Gasteiger partial charge < -0.3 is 4.74 Å². The summed E-state index contributed by atoms with van der Waals surface area (Å²) in [6.45, 7) is 5.62. The third kappa shape index (κ3) is 4.02. The Labute approximate surface area is 102 Å². The number of ketones is 1. The Morgan fingerprint density at radius 1 is 1.24 bits per heavy atom. The number of ether oxygens (including phenoxy) is 1. The van der Waals surface area contributed by atoms with E-state index in [1.54, 1.807) is 13.8 Å². The van der Waals surface area contributed by atoms with Crippen molar-refractivity contribution >= 4 is 11.8 Å². The first-order valence-electron chi connectivity index (χ1n) is 5.79. The van der Waals surface area contributed by atoms with Crippen molar-refractivity contribution in [3.05, 3.63) is 35.4 Å². The van der Waals surface area contributed by atoms with E-state index in [-0.39, 0.29) is 12.2 Å². The molecule has 1 unspecified atom stereocenters. The molecule has 0 spiro atoms. The van der Waals surface area contributed by atoms with Crippen molar-refractivity contribution in [2.45, 2.75) is 27.2 Å². The summed E-state index contributed by atoms with van der Waals surface area (Å²) in [5, 5.41) is 0. The molecular weight excluding hydrogens is 216 g/mol. The molecule has 0 N–H and O–H groups in total. The molecule has 0 bridgehead atoms. The first-order chi connectivity index (χ1) is 8.04. The lowest BCUT2D eigenvalue weighted by Crippen LogP contribution is -2.24. The van der Waals surface area contributed by atoms with E-state index in [1.807, 2.05) is 31.2 Å².